The molecule has 2 amide bonds. The maximum atomic E-state index is 14.6. The first-order valence-electron chi connectivity index (χ1n) is 15.6. The van der Waals surface area contributed by atoms with Crippen molar-refractivity contribution in [2.75, 3.05) is 19.0 Å². The number of benzene rings is 4. The van der Waals surface area contributed by atoms with Gasteiger partial charge in [0.25, 0.3) is 5.91 Å². The van der Waals surface area contributed by atoms with Gasteiger partial charge in [-0.1, -0.05) is 50.2 Å². The minimum Gasteiger partial charge on any atom is -0.496 e. The molecular formula is C37H37F4N5O4. The summed E-state index contributed by atoms with van der Waals surface area (Å²) in [6.07, 6.45) is -4.39. The molecular weight excluding hydrogens is 654 g/mol. The minimum absolute atomic E-state index is 0.183. The van der Waals surface area contributed by atoms with Gasteiger partial charge in [0.1, 0.15) is 17.6 Å². The molecule has 5 rings (SSSR count). The number of nitrogens with one attached hydrogen (secondary N) is 2. The third-order valence-corrected chi connectivity index (χ3v) is 8.60. The summed E-state index contributed by atoms with van der Waals surface area (Å²) < 4.78 is 64.7. The van der Waals surface area contributed by atoms with E-state index in [0.717, 1.165) is 12.1 Å². The van der Waals surface area contributed by atoms with Crippen molar-refractivity contribution in [2.24, 2.45) is 5.73 Å². The van der Waals surface area contributed by atoms with E-state index in [1.807, 2.05) is 0 Å². The highest BCUT2D eigenvalue weighted by molar-refractivity contribution is 5.98. The van der Waals surface area contributed by atoms with Gasteiger partial charge in [-0.05, 0) is 78.4 Å². The number of aliphatic hydroxyl groups is 1. The molecule has 9 nitrogen and oxygen atoms in total. The highest BCUT2D eigenvalue weighted by atomic mass is 19.4. The van der Waals surface area contributed by atoms with Crippen LogP contribution in [-0.4, -0.2) is 52.1 Å². The van der Waals surface area contributed by atoms with Gasteiger partial charge in [-0.2, -0.15) is 18.3 Å². The molecule has 5 N–H and O–H groups in total. The van der Waals surface area contributed by atoms with E-state index < -0.39 is 53.8 Å². The first kappa shape index (κ1) is 35.9. The van der Waals surface area contributed by atoms with Crippen molar-refractivity contribution in [3.8, 4) is 11.4 Å². The molecule has 0 bridgehead atoms. The zero-order valence-corrected chi connectivity index (χ0v) is 27.8. The van der Waals surface area contributed by atoms with Gasteiger partial charge in [0.05, 0.1) is 31.1 Å². The Morgan fingerprint density at radius 3 is 2.38 bits per heavy atom. The zero-order valence-electron chi connectivity index (χ0n) is 27.8. The summed E-state index contributed by atoms with van der Waals surface area (Å²) in [5.74, 6) is -1.73. The van der Waals surface area contributed by atoms with E-state index in [0.29, 0.717) is 27.7 Å². The largest absolute Gasteiger partial charge is 0.496 e. The van der Waals surface area contributed by atoms with Crippen LogP contribution in [0.3, 0.4) is 0 Å². The summed E-state index contributed by atoms with van der Waals surface area (Å²) in [6.45, 7) is 3.81. The fourth-order valence-electron chi connectivity index (χ4n) is 6.12. The Hall–Kier alpha value is -5.43. The number of hydrogen-bond donors (Lipinski definition) is 4. The summed E-state index contributed by atoms with van der Waals surface area (Å²) in [7, 11) is 1.34. The Bertz CT molecular complexity index is 2030. The molecule has 0 aliphatic rings. The van der Waals surface area contributed by atoms with E-state index in [-0.39, 0.29) is 22.6 Å². The number of carbonyl (C=O) groups is 2. The van der Waals surface area contributed by atoms with Crippen molar-refractivity contribution in [3.05, 3.63) is 119 Å². The van der Waals surface area contributed by atoms with Crippen LogP contribution in [0, 0.1) is 12.7 Å². The summed E-state index contributed by atoms with van der Waals surface area (Å²) in [5.41, 5.74) is 3.86. The fourth-order valence-corrected chi connectivity index (χ4v) is 6.12. The molecule has 0 saturated heterocycles. The quantitative estimate of drug-likeness (QED) is 0.110. The van der Waals surface area contributed by atoms with Gasteiger partial charge in [-0.15, -0.1) is 0 Å². The summed E-state index contributed by atoms with van der Waals surface area (Å²) in [5, 5.41) is 21.6. The third kappa shape index (κ3) is 7.42. The highest BCUT2D eigenvalue weighted by Gasteiger charge is 2.56. The van der Waals surface area contributed by atoms with Crippen LogP contribution in [0.25, 0.3) is 16.6 Å². The van der Waals surface area contributed by atoms with Crippen molar-refractivity contribution in [2.45, 2.75) is 50.4 Å². The Kier molecular flexibility index (Phi) is 9.92. The lowest BCUT2D eigenvalue weighted by Crippen LogP contribution is -2.53. The van der Waals surface area contributed by atoms with E-state index in [1.54, 1.807) is 73.7 Å². The Morgan fingerprint density at radius 1 is 1.00 bits per heavy atom. The molecule has 0 fully saturated rings. The number of halogens is 4. The second-order valence-electron chi connectivity index (χ2n) is 12.9. The number of ether oxygens (including phenoxy) is 1. The number of alkyl halides is 3. The topological polar surface area (TPSA) is 132 Å². The molecule has 2 unspecified atom stereocenters. The number of hydrogen-bond acceptors (Lipinski definition) is 6. The highest BCUT2D eigenvalue weighted by Crippen LogP contribution is 2.44. The van der Waals surface area contributed by atoms with Crippen LogP contribution in [0.1, 0.15) is 53.4 Å². The van der Waals surface area contributed by atoms with Crippen LogP contribution in [0.5, 0.6) is 5.75 Å². The van der Waals surface area contributed by atoms with Crippen LogP contribution >= 0.6 is 0 Å². The third-order valence-electron chi connectivity index (χ3n) is 8.60. The number of anilines is 1. The van der Waals surface area contributed by atoms with Crippen molar-refractivity contribution >= 4 is 28.4 Å². The number of aromatic nitrogens is 2. The van der Waals surface area contributed by atoms with Crippen LogP contribution in [0.2, 0.25) is 0 Å². The lowest BCUT2D eigenvalue weighted by molar-refractivity contribution is -0.260. The lowest BCUT2D eigenvalue weighted by Gasteiger charge is -2.38. The normalized spacial score (nSPS) is 13.8. The van der Waals surface area contributed by atoms with Crippen LogP contribution < -0.4 is 21.1 Å². The Labute approximate surface area is 286 Å². The number of carbonyl (C=O) groups excluding carboxylic acids is 2. The molecule has 5 aromatic rings. The standard InChI is InChI=1S/C37H37F4N5O4/c1-22-15-29(43-21-36(49,37(39,40)41)20-35(2,3)28-18-25(38)13-14-31(28)50-4)27-19-44-46(30(27)16-22)26-12-8-11-24(17-26)34(48)45-32(33(42)47)23-9-6-5-7-10-23/h5-19,32,43,49H,20-21H2,1-4H3,(H2,42,47)(H,45,48). The van der Waals surface area contributed by atoms with Crippen molar-refractivity contribution in [1.29, 1.82) is 0 Å². The molecule has 4 aromatic carbocycles. The van der Waals surface area contributed by atoms with Gasteiger partial charge in [0.2, 0.25) is 5.91 Å². The van der Waals surface area contributed by atoms with Crippen LogP contribution in [-0.2, 0) is 10.2 Å². The van der Waals surface area contributed by atoms with E-state index in [9.17, 15) is 32.3 Å². The van der Waals surface area contributed by atoms with Crippen molar-refractivity contribution in [3.63, 3.8) is 0 Å². The molecule has 2 atom stereocenters. The molecule has 0 spiro atoms. The predicted molar refractivity (Wildman–Crippen MR) is 182 cm³/mol. The molecule has 1 heterocycles. The van der Waals surface area contributed by atoms with Gasteiger partial charge < -0.3 is 26.2 Å². The summed E-state index contributed by atoms with van der Waals surface area (Å²) in [6, 6.07) is 21.0. The number of amides is 2. The van der Waals surface area contributed by atoms with E-state index >= 15 is 0 Å². The van der Waals surface area contributed by atoms with Crippen LogP contribution in [0.4, 0.5) is 23.2 Å². The Balaban J connectivity index is 1.43. The molecule has 1 aromatic heterocycles. The number of nitrogens with two attached hydrogens (primary N) is 1. The average Bonchev–Trinajstić information content (AvgIpc) is 3.49. The molecule has 50 heavy (non-hydrogen) atoms. The molecule has 0 aliphatic carbocycles. The monoisotopic (exact) mass is 691 g/mol. The Morgan fingerprint density at radius 2 is 1.72 bits per heavy atom. The number of fused-ring (bicyclic) bond motifs is 1. The number of primary amides is 1. The first-order valence-corrected chi connectivity index (χ1v) is 15.6. The van der Waals surface area contributed by atoms with Gasteiger partial charge in [-0.3, -0.25) is 9.59 Å². The fraction of sp³-hybridized carbons (Fsp3) is 0.270. The molecule has 0 radical (unpaired) electrons. The van der Waals surface area contributed by atoms with Crippen LogP contribution in [0.15, 0.2) is 91.1 Å². The summed E-state index contributed by atoms with van der Waals surface area (Å²) >= 11 is 0. The van der Waals surface area contributed by atoms with E-state index in [2.05, 4.69) is 15.7 Å². The second kappa shape index (κ2) is 13.8. The molecule has 0 aliphatic heterocycles. The first-order chi connectivity index (χ1) is 23.5. The lowest BCUT2D eigenvalue weighted by atomic mass is 9.74. The van der Waals surface area contributed by atoms with Gasteiger partial charge in [0.15, 0.2) is 5.60 Å². The van der Waals surface area contributed by atoms with Gasteiger partial charge >= 0.3 is 6.18 Å². The van der Waals surface area contributed by atoms with Gasteiger partial charge in [-0.25, -0.2) is 9.07 Å². The van der Waals surface area contributed by atoms with E-state index in [4.69, 9.17) is 10.5 Å². The van der Waals surface area contributed by atoms with E-state index in [1.165, 1.54) is 37.9 Å². The predicted octanol–water partition coefficient (Wildman–Crippen LogP) is 6.51. The maximum absolute atomic E-state index is 14.6. The van der Waals surface area contributed by atoms with Gasteiger partial charge in [0, 0.05) is 22.2 Å². The van der Waals surface area contributed by atoms with Crippen molar-refractivity contribution < 1.29 is 37.0 Å². The van der Waals surface area contributed by atoms with Crippen molar-refractivity contribution in [1.82, 2.24) is 15.1 Å². The number of nitrogens with zero attached hydrogens (tertiary/aromatic N) is 2. The zero-order chi connectivity index (χ0) is 36.4. The molecule has 262 valence electrons. The minimum atomic E-state index is -5.06. The SMILES string of the molecule is COc1ccc(F)cc1C(C)(C)CC(O)(CNc1cc(C)cc2c1cnn2-c1cccc(C(=O)NC(C(N)=O)c2ccccc2)c1)C(F)(F)F. The summed E-state index contributed by atoms with van der Waals surface area (Å²) in [4.78, 5) is 25.4. The maximum Gasteiger partial charge on any atom is 0.418 e. The molecule has 13 heteroatoms. The number of rotatable bonds is 12. The number of aryl methyl sites for hydroxylation is 1. The smallest absolute Gasteiger partial charge is 0.418 e. The second-order valence-corrected chi connectivity index (χ2v) is 12.9. The average molecular weight is 692 g/mol. The number of methoxy groups -OCH3 is 1. The molecule has 0 saturated carbocycles.